The second-order valence-corrected chi connectivity index (χ2v) is 9.08. The molecule has 0 aromatic heterocycles. The lowest BCUT2D eigenvalue weighted by Gasteiger charge is -2.25. The van der Waals surface area contributed by atoms with Gasteiger partial charge in [-0.2, -0.15) is 0 Å². The number of anilines is 1. The number of nitrogens with one attached hydrogen (secondary N) is 1. The maximum atomic E-state index is 13.4. The maximum Gasteiger partial charge on any atom is 0.264 e. The fourth-order valence-corrected chi connectivity index (χ4v) is 4.56. The molecule has 0 heterocycles. The number of hydrogen-bond acceptors (Lipinski definition) is 4. The fourth-order valence-electron chi connectivity index (χ4n) is 3.14. The van der Waals surface area contributed by atoms with Gasteiger partial charge in [-0.3, -0.25) is 9.10 Å². The second kappa shape index (κ2) is 9.66. The number of hydrogen-bond donors (Lipinski definition) is 1. The summed E-state index contributed by atoms with van der Waals surface area (Å²) >= 11 is 0. The van der Waals surface area contributed by atoms with Crippen LogP contribution in [-0.4, -0.2) is 28.0 Å². The summed E-state index contributed by atoms with van der Waals surface area (Å²) in [5.74, 6) is 0.196. The summed E-state index contributed by atoms with van der Waals surface area (Å²) in [6.45, 7) is 3.40. The van der Waals surface area contributed by atoms with E-state index in [2.05, 4.69) is 5.32 Å². The van der Waals surface area contributed by atoms with Gasteiger partial charge < -0.3 is 10.1 Å². The first-order valence-corrected chi connectivity index (χ1v) is 11.3. The molecule has 0 bridgehead atoms. The summed E-state index contributed by atoms with van der Waals surface area (Å²) in [5, 5.41) is 2.88. The van der Waals surface area contributed by atoms with Crippen LogP contribution in [0, 0.1) is 6.92 Å². The first-order valence-electron chi connectivity index (χ1n) is 9.89. The third kappa shape index (κ3) is 5.44. The van der Waals surface area contributed by atoms with E-state index in [1.54, 1.807) is 48.5 Å². The zero-order valence-corrected chi connectivity index (χ0v) is 18.6. The second-order valence-electron chi connectivity index (χ2n) is 7.22. The largest absolute Gasteiger partial charge is 0.497 e. The summed E-state index contributed by atoms with van der Waals surface area (Å²) in [6, 6.07) is 22.4. The van der Waals surface area contributed by atoms with Crippen molar-refractivity contribution in [1.29, 1.82) is 0 Å². The van der Waals surface area contributed by atoms with Gasteiger partial charge in [-0.05, 0) is 55.8 Å². The molecule has 3 aromatic carbocycles. The predicted molar refractivity (Wildman–Crippen MR) is 122 cm³/mol. The van der Waals surface area contributed by atoms with Crippen LogP contribution >= 0.6 is 0 Å². The van der Waals surface area contributed by atoms with Gasteiger partial charge >= 0.3 is 0 Å². The van der Waals surface area contributed by atoms with Crippen molar-refractivity contribution in [2.24, 2.45) is 0 Å². The van der Waals surface area contributed by atoms with Gasteiger partial charge in [-0.15, -0.1) is 0 Å². The number of nitrogens with zero attached hydrogens (tertiary/aromatic N) is 1. The van der Waals surface area contributed by atoms with E-state index >= 15 is 0 Å². The summed E-state index contributed by atoms with van der Waals surface area (Å²) in [6.07, 6.45) is 0. The zero-order chi connectivity index (χ0) is 22.4. The van der Waals surface area contributed by atoms with Gasteiger partial charge in [0.25, 0.3) is 10.0 Å². The lowest BCUT2D eigenvalue weighted by Crippen LogP contribution is -2.41. The number of rotatable bonds is 8. The Morgan fingerprint density at radius 1 is 0.968 bits per heavy atom. The van der Waals surface area contributed by atoms with Crippen LogP contribution in [0.4, 0.5) is 5.69 Å². The lowest BCUT2D eigenvalue weighted by atomic mass is 10.1. The molecule has 0 aliphatic heterocycles. The highest BCUT2D eigenvalue weighted by Crippen LogP contribution is 2.26. The number of carbonyl (C=O) groups excluding carboxylic acids is 1. The molecule has 0 saturated carbocycles. The van der Waals surface area contributed by atoms with Crippen molar-refractivity contribution in [3.8, 4) is 5.75 Å². The number of sulfonamides is 1. The van der Waals surface area contributed by atoms with Crippen molar-refractivity contribution in [2.45, 2.75) is 24.8 Å². The minimum absolute atomic E-state index is 0.123. The Balaban J connectivity index is 1.90. The molecule has 0 radical (unpaired) electrons. The molecule has 0 unspecified atom stereocenters. The van der Waals surface area contributed by atoms with Crippen molar-refractivity contribution < 1.29 is 17.9 Å². The Labute approximate surface area is 183 Å². The van der Waals surface area contributed by atoms with E-state index < -0.39 is 15.9 Å². The first kappa shape index (κ1) is 22.4. The molecule has 3 aromatic rings. The van der Waals surface area contributed by atoms with E-state index in [-0.39, 0.29) is 17.5 Å². The zero-order valence-electron chi connectivity index (χ0n) is 17.8. The summed E-state index contributed by atoms with van der Waals surface area (Å²) in [5.41, 5.74) is 2.27. The summed E-state index contributed by atoms with van der Waals surface area (Å²) in [4.78, 5) is 12.9. The number of amides is 1. The van der Waals surface area contributed by atoms with Crippen molar-refractivity contribution in [3.63, 3.8) is 0 Å². The number of aryl methyl sites for hydroxylation is 1. The molecule has 162 valence electrons. The van der Waals surface area contributed by atoms with E-state index in [0.29, 0.717) is 11.4 Å². The van der Waals surface area contributed by atoms with Crippen molar-refractivity contribution in [3.05, 3.63) is 90.0 Å². The SMILES string of the molecule is COc1ccc(N(CC(=O)N[C@@H](C)c2ccccc2)S(=O)(=O)c2ccc(C)cc2)cc1. The number of ether oxygens (including phenoxy) is 1. The lowest BCUT2D eigenvalue weighted by molar-refractivity contribution is -0.120. The van der Waals surface area contributed by atoms with Gasteiger partial charge in [-0.25, -0.2) is 8.42 Å². The van der Waals surface area contributed by atoms with Crippen molar-refractivity contribution in [2.75, 3.05) is 18.0 Å². The molecule has 1 atom stereocenters. The highest BCUT2D eigenvalue weighted by atomic mass is 32.2. The van der Waals surface area contributed by atoms with Crippen LogP contribution < -0.4 is 14.4 Å². The molecule has 3 rings (SSSR count). The summed E-state index contributed by atoms with van der Waals surface area (Å²) in [7, 11) is -2.42. The number of methoxy groups -OCH3 is 1. The van der Waals surface area contributed by atoms with Crippen molar-refractivity contribution >= 4 is 21.6 Å². The molecule has 0 spiro atoms. The van der Waals surface area contributed by atoms with Crippen LogP contribution in [0.15, 0.2) is 83.8 Å². The van der Waals surface area contributed by atoms with Crippen LogP contribution in [0.2, 0.25) is 0 Å². The molecule has 31 heavy (non-hydrogen) atoms. The van der Waals surface area contributed by atoms with Gasteiger partial charge in [-0.1, -0.05) is 48.0 Å². The third-order valence-electron chi connectivity index (χ3n) is 4.93. The molecular weight excluding hydrogens is 412 g/mol. The average Bonchev–Trinajstić information content (AvgIpc) is 2.78. The molecule has 0 aliphatic rings. The monoisotopic (exact) mass is 438 g/mol. The molecule has 6 nitrogen and oxygen atoms in total. The quantitative estimate of drug-likeness (QED) is 0.575. The Hall–Kier alpha value is -3.32. The predicted octanol–water partition coefficient (Wildman–Crippen LogP) is 4.08. The van der Waals surface area contributed by atoms with Gasteiger partial charge in [0.05, 0.1) is 23.7 Å². The Morgan fingerprint density at radius 3 is 2.16 bits per heavy atom. The number of benzene rings is 3. The van der Waals surface area contributed by atoms with Gasteiger partial charge in [0.2, 0.25) is 5.91 Å². The standard InChI is InChI=1S/C24H26N2O4S/c1-18-9-15-23(16-10-18)31(28,29)26(21-11-13-22(30-3)14-12-21)17-24(27)25-19(2)20-7-5-4-6-8-20/h4-16,19H,17H2,1-3H3,(H,25,27)/t19-/m0/s1. The molecule has 1 N–H and O–H groups in total. The van der Waals surface area contributed by atoms with E-state index in [9.17, 15) is 13.2 Å². The maximum absolute atomic E-state index is 13.4. The molecule has 0 fully saturated rings. The van der Waals surface area contributed by atoms with Crippen molar-refractivity contribution in [1.82, 2.24) is 5.32 Å². The minimum Gasteiger partial charge on any atom is -0.497 e. The van der Waals surface area contributed by atoms with Gasteiger partial charge in [0.1, 0.15) is 12.3 Å². The van der Waals surface area contributed by atoms with Crippen LogP contribution in [-0.2, 0) is 14.8 Å². The highest BCUT2D eigenvalue weighted by molar-refractivity contribution is 7.92. The van der Waals surface area contributed by atoms with E-state index in [1.807, 2.05) is 44.2 Å². The Kier molecular flexibility index (Phi) is 6.97. The molecule has 1 amide bonds. The molecule has 7 heteroatoms. The van der Waals surface area contributed by atoms with E-state index in [1.165, 1.54) is 7.11 Å². The third-order valence-corrected chi connectivity index (χ3v) is 6.72. The average molecular weight is 439 g/mol. The smallest absolute Gasteiger partial charge is 0.264 e. The van der Waals surface area contributed by atoms with Crippen LogP contribution in [0.25, 0.3) is 0 Å². The minimum atomic E-state index is -3.95. The molecule has 0 aliphatic carbocycles. The molecular formula is C24H26N2O4S. The van der Waals surface area contributed by atoms with Crippen LogP contribution in [0.3, 0.4) is 0 Å². The van der Waals surface area contributed by atoms with Gasteiger partial charge in [0.15, 0.2) is 0 Å². The van der Waals surface area contributed by atoms with E-state index in [4.69, 9.17) is 4.74 Å². The fraction of sp³-hybridized carbons (Fsp3) is 0.208. The highest BCUT2D eigenvalue weighted by Gasteiger charge is 2.27. The molecule has 0 saturated heterocycles. The number of carbonyl (C=O) groups is 1. The Bertz CT molecular complexity index is 1110. The van der Waals surface area contributed by atoms with Gasteiger partial charge in [0, 0.05) is 0 Å². The summed E-state index contributed by atoms with van der Waals surface area (Å²) < 4.78 is 33.1. The van der Waals surface area contributed by atoms with E-state index in [0.717, 1.165) is 15.4 Å². The Morgan fingerprint density at radius 2 is 1.58 bits per heavy atom. The first-order chi connectivity index (χ1) is 14.8. The topological polar surface area (TPSA) is 75.7 Å². The van der Waals surface area contributed by atoms with Crippen LogP contribution in [0.5, 0.6) is 5.75 Å². The normalized spacial score (nSPS) is 12.1. The van der Waals surface area contributed by atoms with Crippen LogP contribution in [0.1, 0.15) is 24.1 Å².